The van der Waals surface area contributed by atoms with E-state index >= 15 is 0 Å². The van der Waals surface area contributed by atoms with Crippen LogP contribution in [0.3, 0.4) is 0 Å². The van der Waals surface area contributed by atoms with Crippen molar-refractivity contribution in [1.29, 1.82) is 0 Å². The highest BCUT2D eigenvalue weighted by Crippen LogP contribution is 2.42. The summed E-state index contributed by atoms with van der Waals surface area (Å²) in [5.41, 5.74) is 0.472. The number of nitrogens with one attached hydrogen (secondary N) is 1. The van der Waals surface area contributed by atoms with Crippen molar-refractivity contribution in [3.63, 3.8) is 0 Å². The molecule has 1 heterocycles. The average molecular weight is 165 g/mol. The third-order valence-electron chi connectivity index (χ3n) is 3.67. The Kier molecular flexibility index (Phi) is 2.22. The molecule has 1 saturated carbocycles. The second-order valence-electron chi connectivity index (χ2n) is 4.31. The summed E-state index contributed by atoms with van der Waals surface area (Å²) in [5, 5.41) is 3.72. The monoisotopic (exact) mass is 165 g/mol. The summed E-state index contributed by atoms with van der Waals surface area (Å²) in [5.74, 6) is 0.948. The number of hydrogen-bond acceptors (Lipinski definition) is 1. The van der Waals surface area contributed by atoms with Crippen molar-refractivity contribution in [2.75, 3.05) is 6.54 Å². The molecule has 0 bridgehead atoms. The molecule has 1 heteroatoms. The van der Waals surface area contributed by atoms with Gasteiger partial charge in [-0.1, -0.05) is 12.5 Å². The molecule has 0 radical (unpaired) electrons. The van der Waals surface area contributed by atoms with E-state index in [0.717, 1.165) is 5.92 Å². The number of rotatable bonds is 2. The van der Waals surface area contributed by atoms with Crippen LogP contribution in [0.5, 0.6) is 0 Å². The highest BCUT2D eigenvalue weighted by atomic mass is 15.0. The van der Waals surface area contributed by atoms with Gasteiger partial charge in [0.2, 0.25) is 0 Å². The van der Waals surface area contributed by atoms with Crippen LogP contribution in [0.15, 0.2) is 12.7 Å². The maximum absolute atomic E-state index is 3.87. The van der Waals surface area contributed by atoms with Gasteiger partial charge in [-0.3, -0.25) is 0 Å². The molecule has 2 unspecified atom stereocenters. The third kappa shape index (κ3) is 1.20. The summed E-state index contributed by atoms with van der Waals surface area (Å²) < 4.78 is 0. The second-order valence-corrected chi connectivity index (χ2v) is 4.31. The van der Waals surface area contributed by atoms with Gasteiger partial charge in [0.1, 0.15) is 0 Å². The molecule has 0 aromatic rings. The number of hydrogen-bond donors (Lipinski definition) is 1. The lowest BCUT2D eigenvalue weighted by molar-refractivity contribution is 0.193. The van der Waals surface area contributed by atoms with Crippen molar-refractivity contribution in [2.45, 2.75) is 44.1 Å². The van der Waals surface area contributed by atoms with Crippen LogP contribution in [0.1, 0.15) is 38.5 Å². The summed E-state index contributed by atoms with van der Waals surface area (Å²) in [6.07, 6.45) is 10.3. The number of fused-ring (bicyclic) bond motifs is 1. The summed E-state index contributed by atoms with van der Waals surface area (Å²) in [6, 6.07) is 0. The lowest BCUT2D eigenvalue weighted by Gasteiger charge is -2.40. The predicted molar refractivity (Wildman–Crippen MR) is 52.1 cm³/mol. The fourth-order valence-electron chi connectivity index (χ4n) is 3.08. The van der Waals surface area contributed by atoms with Gasteiger partial charge in [-0.25, -0.2) is 0 Å². The molecule has 2 aliphatic rings. The summed E-state index contributed by atoms with van der Waals surface area (Å²) in [6.45, 7) is 5.10. The maximum Gasteiger partial charge on any atom is 0.0243 e. The molecular formula is C11H19N. The van der Waals surface area contributed by atoms with Crippen molar-refractivity contribution >= 4 is 0 Å². The summed E-state index contributed by atoms with van der Waals surface area (Å²) in [4.78, 5) is 0. The highest BCUT2D eigenvalue weighted by Gasteiger charge is 2.42. The van der Waals surface area contributed by atoms with E-state index in [1.807, 2.05) is 0 Å². The van der Waals surface area contributed by atoms with Gasteiger partial charge in [0, 0.05) is 5.54 Å². The quantitative estimate of drug-likeness (QED) is 0.620. The molecule has 12 heavy (non-hydrogen) atoms. The SMILES string of the molecule is C=CCC12CCCC1CCCN2. The minimum atomic E-state index is 0.472. The largest absolute Gasteiger partial charge is 0.311 e. The molecule has 1 aliphatic heterocycles. The van der Waals surface area contributed by atoms with E-state index in [1.54, 1.807) is 0 Å². The molecule has 1 saturated heterocycles. The topological polar surface area (TPSA) is 12.0 Å². The molecule has 2 atom stereocenters. The van der Waals surface area contributed by atoms with E-state index in [-0.39, 0.29) is 0 Å². The first kappa shape index (κ1) is 8.31. The zero-order chi connectivity index (χ0) is 8.44. The van der Waals surface area contributed by atoms with E-state index < -0.39 is 0 Å². The van der Waals surface area contributed by atoms with Gasteiger partial charge in [0.05, 0.1) is 0 Å². The van der Waals surface area contributed by atoms with Gasteiger partial charge >= 0.3 is 0 Å². The van der Waals surface area contributed by atoms with Gasteiger partial charge in [-0.15, -0.1) is 6.58 Å². The van der Waals surface area contributed by atoms with Gasteiger partial charge in [-0.05, 0) is 44.6 Å². The minimum absolute atomic E-state index is 0.472. The van der Waals surface area contributed by atoms with Gasteiger partial charge in [-0.2, -0.15) is 0 Å². The third-order valence-corrected chi connectivity index (χ3v) is 3.67. The standard InChI is InChI=1S/C11H19N/c1-2-7-11-8-3-5-10(11)6-4-9-12-11/h2,10,12H,1,3-9H2. The fourth-order valence-corrected chi connectivity index (χ4v) is 3.08. The summed E-state index contributed by atoms with van der Waals surface area (Å²) in [7, 11) is 0. The zero-order valence-corrected chi connectivity index (χ0v) is 7.81. The van der Waals surface area contributed by atoms with Crippen LogP contribution >= 0.6 is 0 Å². The van der Waals surface area contributed by atoms with Crippen molar-refractivity contribution < 1.29 is 0 Å². The van der Waals surface area contributed by atoms with E-state index in [0.29, 0.717) is 5.54 Å². The van der Waals surface area contributed by atoms with Crippen LogP contribution in [-0.2, 0) is 0 Å². The molecule has 68 valence electrons. The van der Waals surface area contributed by atoms with Crippen molar-refractivity contribution in [3.05, 3.63) is 12.7 Å². The molecular weight excluding hydrogens is 146 g/mol. The lowest BCUT2D eigenvalue weighted by atomic mass is 9.78. The van der Waals surface area contributed by atoms with E-state index in [2.05, 4.69) is 18.0 Å². The normalized spacial score (nSPS) is 40.8. The fraction of sp³-hybridized carbons (Fsp3) is 0.818. The Hall–Kier alpha value is -0.300. The first-order valence-corrected chi connectivity index (χ1v) is 5.23. The highest BCUT2D eigenvalue weighted by molar-refractivity contribution is 5.04. The summed E-state index contributed by atoms with van der Waals surface area (Å²) >= 11 is 0. The Balaban J connectivity index is 2.11. The van der Waals surface area contributed by atoms with E-state index in [1.165, 1.54) is 45.1 Å². The Morgan fingerprint density at radius 1 is 1.42 bits per heavy atom. The van der Waals surface area contributed by atoms with E-state index in [4.69, 9.17) is 0 Å². The van der Waals surface area contributed by atoms with Crippen LogP contribution < -0.4 is 5.32 Å². The maximum atomic E-state index is 3.87. The minimum Gasteiger partial charge on any atom is -0.311 e. The second kappa shape index (κ2) is 3.21. The van der Waals surface area contributed by atoms with Crippen LogP contribution in [0.4, 0.5) is 0 Å². The van der Waals surface area contributed by atoms with Crippen LogP contribution in [0.2, 0.25) is 0 Å². The first-order valence-electron chi connectivity index (χ1n) is 5.23. The van der Waals surface area contributed by atoms with Gasteiger partial charge < -0.3 is 5.32 Å². The number of piperidine rings is 1. The molecule has 0 aromatic heterocycles. The molecule has 1 N–H and O–H groups in total. The molecule has 1 aliphatic carbocycles. The first-order chi connectivity index (χ1) is 5.87. The van der Waals surface area contributed by atoms with Crippen LogP contribution in [-0.4, -0.2) is 12.1 Å². The van der Waals surface area contributed by atoms with Crippen molar-refractivity contribution in [2.24, 2.45) is 5.92 Å². The van der Waals surface area contributed by atoms with E-state index in [9.17, 15) is 0 Å². The smallest absolute Gasteiger partial charge is 0.0243 e. The molecule has 2 fully saturated rings. The Labute approximate surface area is 75.2 Å². The Bertz CT molecular complexity index is 176. The molecule has 2 rings (SSSR count). The Morgan fingerprint density at radius 3 is 3.08 bits per heavy atom. The molecule has 0 aromatic carbocycles. The molecule has 0 amide bonds. The van der Waals surface area contributed by atoms with Crippen LogP contribution in [0.25, 0.3) is 0 Å². The Morgan fingerprint density at radius 2 is 2.25 bits per heavy atom. The predicted octanol–water partition coefficient (Wildman–Crippen LogP) is 2.48. The average Bonchev–Trinajstić information content (AvgIpc) is 2.48. The lowest BCUT2D eigenvalue weighted by Crippen LogP contribution is -2.51. The molecule has 0 spiro atoms. The van der Waals surface area contributed by atoms with Gasteiger partial charge in [0.15, 0.2) is 0 Å². The molecule has 1 nitrogen and oxygen atoms in total. The van der Waals surface area contributed by atoms with Crippen molar-refractivity contribution in [1.82, 2.24) is 5.32 Å². The van der Waals surface area contributed by atoms with Crippen LogP contribution in [0, 0.1) is 5.92 Å². The zero-order valence-electron chi connectivity index (χ0n) is 7.81. The van der Waals surface area contributed by atoms with Crippen molar-refractivity contribution in [3.8, 4) is 0 Å². The van der Waals surface area contributed by atoms with Gasteiger partial charge in [0.25, 0.3) is 0 Å².